The number of benzene rings is 2. The van der Waals surface area contributed by atoms with Crippen molar-refractivity contribution in [2.45, 2.75) is 19.8 Å². The molecule has 2 aromatic rings. The highest BCUT2D eigenvalue weighted by atomic mass is 16.7. The Morgan fingerprint density at radius 1 is 0.950 bits per heavy atom. The predicted molar refractivity (Wildman–Crippen MR) is 76.6 cm³/mol. The summed E-state index contributed by atoms with van der Waals surface area (Å²) in [7, 11) is 0. The molecule has 1 fully saturated rings. The zero-order chi connectivity index (χ0) is 13.8. The lowest BCUT2D eigenvalue weighted by Crippen LogP contribution is -1.99. The van der Waals surface area contributed by atoms with Gasteiger partial charge in [-0.1, -0.05) is 42.0 Å². The summed E-state index contributed by atoms with van der Waals surface area (Å²) in [6.07, 6.45) is -0.221. The Morgan fingerprint density at radius 3 is 2.25 bits per heavy atom. The zero-order valence-electron chi connectivity index (χ0n) is 11.5. The minimum absolute atomic E-state index is 0.221. The summed E-state index contributed by atoms with van der Waals surface area (Å²) in [5.74, 6) is 0.854. The highest BCUT2D eigenvalue weighted by molar-refractivity contribution is 5.29. The first kappa shape index (κ1) is 13.2. The molecule has 0 atom stereocenters. The zero-order valence-corrected chi connectivity index (χ0v) is 11.5. The Morgan fingerprint density at radius 2 is 1.60 bits per heavy atom. The van der Waals surface area contributed by atoms with Crippen LogP contribution in [0.1, 0.15) is 23.0 Å². The van der Waals surface area contributed by atoms with Crippen molar-refractivity contribution in [2.75, 3.05) is 13.2 Å². The fourth-order valence-electron chi connectivity index (χ4n) is 2.12. The van der Waals surface area contributed by atoms with Crippen LogP contribution in [0.4, 0.5) is 0 Å². The molecule has 3 nitrogen and oxygen atoms in total. The van der Waals surface area contributed by atoms with Gasteiger partial charge < -0.3 is 14.2 Å². The van der Waals surface area contributed by atoms with E-state index in [2.05, 4.69) is 31.2 Å². The molecule has 20 heavy (non-hydrogen) atoms. The molecule has 3 heteroatoms. The van der Waals surface area contributed by atoms with E-state index >= 15 is 0 Å². The molecule has 1 saturated heterocycles. The summed E-state index contributed by atoms with van der Waals surface area (Å²) in [5.41, 5.74) is 3.46. The number of hydrogen-bond acceptors (Lipinski definition) is 3. The fourth-order valence-corrected chi connectivity index (χ4v) is 2.12. The van der Waals surface area contributed by atoms with Gasteiger partial charge in [0.1, 0.15) is 12.4 Å². The van der Waals surface area contributed by atoms with E-state index in [4.69, 9.17) is 14.2 Å². The van der Waals surface area contributed by atoms with Crippen LogP contribution in [-0.4, -0.2) is 13.2 Å². The van der Waals surface area contributed by atoms with E-state index in [1.807, 2.05) is 24.3 Å². The van der Waals surface area contributed by atoms with Crippen LogP contribution in [0.15, 0.2) is 48.5 Å². The molecule has 1 aliphatic heterocycles. The van der Waals surface area contributed by atoms with Crippen molar-refractivity contribution in [1.82, 2.24) is 0 Å². The van der Waals surface area contributed by atoms with Crippen LogP contribution in [0.5, 0.6) is 5.75 Å². The van der Waals surface area contributed by atoms with E-state index in [0.29, 0.717) is 19.8 Å². The molecule has 2 aromatic carbocycles. The lowest BCUT2D eigenvalue weighted by Gasteiger charge is -2.11. The van der Waals surface area contributed by atoms with Crippen molar-refractivity contribution in [2.24, 2.45) is 0 Å². The van der Waals surface area contributed by atoms with Crippen LogP contribution < -0.4 is 4.74 Å². The van der Waals surface area contributed by atoms with E-state index in [0.717, 1.165) is 11.3 Å². The Kier molecular flexibility index (Phi) is 4.00. The molecule has 3 rings (SSSR count). The maximum absolute atomic E-state index is 5.77. The largest absolute Gasteiger partial charge is 0.489 e. The van der Waals surface area contributed by atoms with E-state index < -0.39 is 0 Å². The lowest BCUT2D eigenvalue weighted by atomic mass is 10.2. The van der Waals surface area contributed by atoms with Crippen molar-refractivity contribution < 1.29 is 14.2 Å². The average Bonchev–Trinajstić information content (AvgIpc) is 3.01. The molecule has 0 spiro atoms. The summed E-state index contributed by atoms with van der Waals surface area (Å²) in [6, 6.07) is 16.2. The standard InChI is InChI=1S/C17H18O3/c1-13-2-4-14(5-3-13)12-20-16-8-6-15(7-9-16)17-18-10-11-19-17/h2-9,17H,10-12H2,1H3. The second-order valence-electron chi connectivity index (χ2n) is 4.92. The van der Waals surface area contributed by atoms with Crippen LogP contribution in [0.25, 0.3) is 0 Å². The van der Waals surface area contributed by atoms with Crippen LogP contribution in [-0.2, 0) is 16.1 Å². The Labute approximate surface area is 119 Å². The van der Waals surface area contributed by atoms with Gasteiger partial charge in [0.05, 0.1) is 13.2 Å². The van der Waals surface area contributed by atoms with Crippen LogP contribution in [0.3, 0.4) is 0 Å². The topological polar surface area (TPSA) is 27.7 Å². The van der Waals surface area contributed by atoms with Gasteiger partial charge in [0, 0.05) is 5.56 Å². The van der Waals surface area contributed by atoms with Crippen molar-refractivity contribution in [1.29, 1.82) is 0 Å². The van der Waals surface area contributed by atoms with Gasteiger partial charge in [-0.25, -0.2) is 0 Å². The first-order chi connectivity index (χ1) is 9.81. The van der Waals surface area contributed by atoms with Crippen LogP contribution in [0.2, 0.25) is 0 Å². The lowest BCUT2D eigenvalue weighted by molar-refractivity contribution is -0.0441. The second kappa shape index (κ2) is 6.07. The molecule has 104 valence electrons. The van der Waals surface area contributed by atoms with Crippen LogP contribution in [0, 0.1) is 6.92 Å². The molecular weight excluding hydrogens is 252 g/mol. The van der Waals surface area contributed by atoms with E-state index in [1.54, 1.807) is 0 Å². The third kappa shape index (κ3) is 3.18. The molecule has 0 aliphatic carbocycles. The highest BCUT2D eigenvalue weighted by Crippen LogP contribution is 2.25. The van der Waals surface area contributed by atoms with Crippen molar-refractivity contribution >= 4 is 0 Å². The summed E-state index contributed by atoms with van der Waals surface area (Å²) in [4.78, 5) is 0. The predicted octanol–water partition coefficient (Wildman–Crippen LogP) is 3.62. The summed E-state index contributed by atoms with van der Waals surface area (Å²) in [6.45, 7) is 3.99. The number of hydrogen-bond donors (Lipinski definition) is 0. The average molecular weight is 270 g/mol. The SMILES string of the molecule is Cc1ccc(COc2ccc(C3OCCO3)cc2)cc1. The molecule has 1 heterocycles. The highest BCUT2D eigenvalue weighted by Gasteiger charge is 2.17. The van der Waals surface area contributed by atoms with Crippen LogP contribution >= 0.6 is 0 Å². The number of ether oxygens (including phenoxy) is 3. The summed E-state index contributed by atoms with van der Waals surface area (Å²) < 4.78 is 16.7. The third-order valence-corrected chi connectivity index (χ3v) is 3.30. The molecule has 0 radical (unpaired) electrons. The summed E-state index contributed by atoms with van der Waals surface area (Å²) >= 11 is 0. The molecular formula is C17H18O3. The second-order valence-corrected chi connectivity index (χ2v) is 4.92. The molecule has 0 saturated carbocycles. The smallest absolute Gasteiger partial charge is 0.184 e. The third-order valence-electron chi connectivity index (χ3n) is 3.30. The van der Waals surface area contributed by atoms with Gasteiger partial charge in [-0.15, -0.1) is 0 Å². The van der Waals surface area contributed by atoms with E-state index in [-0.39, 0.29) is 6.29 Å². The van der Waals surface area contributed by atoms with Crippen molar-refractivity contribution in [3.63, 3.8) is 0 Å². The molecule has 1 aliphatic rings. The number of rotatable bonds is 4. The molecule has 0 bridgehead atoms. The Balaban J connectivity index is 1.59. The van der Waals surface area contributed by atoms with Gasteiger partial charge in [0.2, 0.25) is 0 Å². The first-order valence-electron chi connectivity index (χ1n) is 6.83. The number of aryl methyl sites for hydroxylation is 1. The van der Waals surface area contributed by atoms with Gasteiger partial charge in [0.15, 0.2) is 6.29 Å². The van der Waals surface area contributed by atoms with Crippen molar-refractivity contribution in [3.8, 4) is 5.75 Å². The monoisotopic (exact) mass is 270 g/mol. The Bertz CT molecular complexity index is 539. The molecule has 0 aromatic heterocycles. The first-order valence-corrected chi connectivity index (χ1v) is 6.83. The van der Waals surface area contributed by atoms with E-state index in [9.17, 15) is 0 Å². The normalized spacial score (nSPS) is 15.4. The maximum Gasteiger partial charge on any atom is 0.184 e. The van der Waals surface area contributed by atoms with Crippen molar-refractivity contribution in [3.05, 3.63) is 65.2 Å². The summed E-state index contributed by atoms with van der Waals surface area (Å²) in [5, 5.41) is 0. The van der Waals surface area contributed by atoms with Gasteiger partial charge in [-0.05, 0) is 24.6 Å². The van der Waals surface area contributed by atoms with Gasteiger partial charge in [-0.2, -0.15) is 0 Å². The maximum atomic E-state index is 5.77. The Hall–Kier alpha value is -1.84. The molecule has 0 unspecified atom stereocenters. The fraction of sp³-hybridized carbons (Fsp3) is 0.294. The minimum atomic E-state index is -0.221. The molecule has 0 N–H and O–H groups in total. The van der Waals surface area contributed by atoms with Gasteiger partial charge in [0.25, 0.3) is 0 Å². The van der Waals surface area contributed by atoms with E-state index in [1.165, 1.54) is 11.1 Å². The molecule has 0 amide bonds. The van der Waals surface area contributed by atoms with Gasteiger partial charge in [-0.3, -0.25) is 0 Å². The quantitative estimate of drug-likeness (QED) is 0.849. The minimum Gasteiger partial charge on any atom is -0.489 e. The van der Waals surface area contributed by atoms with Gasteiger partial charge >= 0.3 is 0 Å².